The maximum absolute atomic E-state index is 12.6. The van der Waals surface area contributed by atoms with Gasteiger partial charge in [-0.25, -0.2) is 4.98 Å². The predicted octanol–water partition coefficient (Wildman–Crippen LogP) is 2.74. The zero-order valence-corrected chi connectivity index (χ0v) is 11.9. The summed E-state index contributed by atoms with van der Waals surface area (Å²) in [5, 5.41) is 4.09. The van der Waals surface area contributed by atoms with Crippen molar-refractivity contribution in [3.8, 4) is 0 Å². The van der Waals surface area contributed by atoms with Crippen LogP contribution in [-0.4, -0.2) is 16.9 Å². The number of amides is 1. The van der Waals surface area contributed by atoms with Crippen LogP contribution in [0.4, 0.5) is 5.82 Å². The van der Waals surface area contributed by atoms with Crippen LogP contribution in [0.5, 0.6) is 0 Å². The van der Waals surface area contributed by atoms with E-state index in [2.05, 4.69) is 10.3 Å². The first-order valence-corrected chi connectivity index (χ1v) is 7.67. The Morgan fingerprint density at radius 2 is 2.10 bits per heavy atom. The molecule has 108 valence electrons. The first-order chi connectivity index (χ1) is 10.2. The van der Waals surface area contributed by atoms with E-state index in [1.165, 1.54) is 19.3 Å². The summed E-state index contributed by atoms with van der Waals surface area (Å²) in [7, 11) is 0. The lowest BCUT2D eigenvalue weighted by atomic mass is 9.95. The number of nitrogens with one attached hydrogen (secondary N) is 1. The van der Waals surface area contributed by atoms with Crippen LogP contribution in [0.2, 0.25) is 0 Å². The van der Waals surface area contributed by atoms with E-state index in [4.69, 9.17) is 5.73 Å². The number of hydrogen-bond acceptors (Lipinski definition) is 3. The number of pyridine rings is 1. The fraction of sp³-hybridized carbons (Fsp3) is 0.412. The van der Waals surface area contributed by atoms with E-state index in [-0.39, 0.29) is 5.91 Å². The molecule has 3 unspecified atom stereocenters. The molecule has 0 radical (unpaired) electrons. The molecule has 3 atom stereocenters. The van der Waals surface area contributed by atoms with Crippen molar-refractivity contribution in [1.29, 1.82) is 0 Å². The molecule has 1 aromatic heterocycles. The molecular formula is C17H19N3O. The number of hydrogen-bond donors (Lipinski definition) is 2. The van der Waals surface area contributed by atoms with Gasteiger partial charge in [0.05, 0.1) is 11.1 Å². The highest BCUT2D eigenvalue weighted by Gasteiger charge is 2.40. The third-order valence-corrected chi connectivity index (χ3v) is 5.04. The standard InChI is InChI=1S/C17H19N3O/c18-16-9-13(12-3-1-2-4-14(12)19-16)17(21)20-15-8-10-5-6-11(15)7-10/h1-4,9-11,15H,5-8H2,(H2,18,19)(H,20,21). The molecule has 0 aliphatic heterocycles. The number of aromatic nitrogens is 1. The van der Waals surface area contributed by atoms with E-state index in [0.29, 0.717) is 23.3 Å². The highest BCUT2D eigenvalue weighted by molar-refractivity contribution is 6.07. The van der Waals surface area contributed by atoms with Crippen LogP contribution in [0.25, 0.3) is 10.9 Å². The molecule has 1 aromatic carbocycles. The maximum Gasteiger partial charge on any atom is 0.252 e. The van der Waals surface area contributed by atoms with Crippen LogP contribution in [0.15, 0.2) is 30.3 Å². The van der Waals surface area contributed by atoms with Gasteiger partial charge in [-0.2, -0.15) is 0 Å². The normalized spacial score (nSPS) is 27.1. The number of nitrogens with two attached hydrogens (primary N) is 1. The van der Waals surface area contributed by atoms with Crippen LogP contribution in [-0.2, 0) is 0 Å². The Hall–Kier alpha value is -2.10. The quantitative estimate of drug-likeness (QED) is 0.889. The van der Waals surface area contributed by atoms with Gasteiger partial charge in [-0.05, 0) is 43.2 Å². The molecule has 0 spiro atoms. The highest BCUT2D eigenvalue weighted by atomic mass is 16.1. The molecule has 4 heteroatoms. The highest BCUT2D eigenvalue weighted by Crippen LogP contribution is 2.44. The second-order valence-corrected chi connectivity index (χ2v) is 6.37. The van der Waals surface area contributed by atoms with Crippen molar-refractivity contribution in [2.45, 2.75) is 31.7 Å². The molecule has 2 aromatic rings. The van der Waals surface area contributed by atoms with Crippen LogP contribution in [0.3, 0.4) is 0 Å². The third kappa shape index (κ3) is 2.15. The molecule has 2 saturated carbocycles. The zero-order chi connectivity index (χ0) is 14.4. The van der Waals surface area contributed by atoms with Crippen molar-refractivity contribution in [3.63, 3.8) is 0 Å². The summed E-state index contributed by atoms with van der Waals surface area (Å²) in [5.41, 5.74) is 7.25. The lowest BCUT2D eigenvalue weighted by Crippen LogP contribution is -2.38. The van der Waals surface area contributed by atoms with Gasteiger partial charge in [-0.1, -0.05) is 24.6 Å². The molecule has 4 rings (SSSR count). The van der Waals surface area contributed by atoms with E-state index in [0.717, 1.165) is 23.2 Å². The van der Waals surface area contributed by atoms with Gasteiger partial charge in [0.2, 0.25) is 0 Å². The van der Waals surface area contributed by atoms with Crippen LogP contribution in [0, 0.1) is 11.8 Å². The molecule has 2 aliphatic rings. The topological polar surface area (TPSA) is 68.0 Å². The van der Waals surface area contributed by atoms with E-state index in [1.807, 2.05) is 24.3 Å². The fourth-order valence-corrected chi connectivity index (χ4v) is 4.05. The smallest absolute Gasteiger partial charge is 0.252 e. The Morgan fingerprint density at radius 3 is 2.86 bits per heavy atom. The first-order valence-electron chi connectivity index (χ1n) is 7.67. The monoisotopic (exact) mass is 281 g/mol. The molecule has 1 heterocycles. The first kappa shape index (κ1) is 12.6. The second-order valence-electron chi connectivity index (χ2n) is 6.37. The predicted molar refractivity (Wildman–Crippen MR) is 82.9 cm³/mol. The minimum Gasteiger partial charge on any atom is -0.384 e. The van der Waals surface area contributed by atoms with Crippen LogP contribution < -0.4 is 11.1 Å². The molecule has 1 amide bonds. The number of benzene rings is 1. The number of anilines is 1. The van der Waals surface area contributed by atoms with Crippen molar-refractivity contribution in [3.05, 3.63) is 35.9 Å². The van der Waals surface area contributed by atoms with Gasteiger partial charge in [0, 0.05) is 11.4 Å². The Bertz CT molecular complexity index is 712. The third-order valence-electron chi connectivity index (χ3n) is 5.04. The summed E-state index contributed by atoms with van der Waals surface area (Å²) in [6.07, 6.45) is 5.01. The number of fused-ring (bicyclic) bond motifs is 3. The lowest BCUT2D eigenvalue weighted by molar-refractivity contribution is 0.0924. The number of carbonyl (C=O) groups excluding carboxylic acids is 1. The van der Waals surface area contributed by atoms with E-state index in [1.54, 1.807) is 6.07 Å². The average Bonchev–Trinajstić information content (AvgIpc) is 3.08. The fourth-order valence-electron chi connectivity index (χ4n) is 4.05. The van der Waals surface area contributed by atoms with E-state index >= 15 is 0 Å². The van der Waals surface area contributed by atoms with Crippen molar-refractivity contribution >= 4 is 22.6 Å². The molecule has 2 aliphatic carbocycles. The molecule has 3 N–H and O–H groups in total. The van der Waals surface area contributed by atoms with Gasteiger partial charge in [0.25, 0.3) is 5.91 Å². The Kier molecular flexibility index (Phi) is 2.84. The van der Waals surface area contributed by atoms with Gasteiger partial charge in [-0.3, -0.25) is 4.79 Å². The second kappa shape index (κ2) is 4.72. The number of nitrogens with zero attached hydrogens (tertiary/aromatic N) is 1. The van der Waals surface area contributed by atoms with Gasteiger partial charge in [-0.15, -0.1) is 0 Å². The summed E-state index contributed by atoms with van der Waals surface area (Å²) in [6, 6.07) is 9.67. The Morgan fingerprint density at radius 1 is 1.24 bits per heavy atom. The summed E-state index contributed by atoms with van der Waals surface area (Å²) in [5.74, 6) is 1.87. The molecular weight excluding hydrogens is 262 g/mol. The summed E-state index contributed by atoms with van der Waals surface area (Å²) >= 11 is 0. The minimum absolute atomic E-state index is 0.0159. The van der Waals surface area contributed by atoms with Gasteiger partial charge in [0.15, 0.2) is 0 Å². The van der Waals surface area contributed by atoms with Crippen LogP contribution >= 0.6 is 0 Å². The van der Waals surface area contributed by atoms with E-state index in [9.17, 15) is 4.79 Å². The van der Waals surface area contributed by atoms with Crippen molar-refractivity contribution in [1.82, 2.24) is 10.3 Å². The van der Waals surface area contributed by atoms with Crippen molar-refractivity contribution in [2.24, 2.45) is 11.8 Å². The van der Waals surface area contributed by atoms with Crippen molar-refractivity contribution < 1.29 is 4.79 Å². The lowest BCUT2D eigenvalue weighted by Gasteiger charge is -2.23. The van der Waals surface area contributed by atoms with Crippen molar-refractivity contribution in [2.75, 3.05) is 5.73 Å². The number of carbonyl (C=O) groups is 1. The summed E-state index contributed by atoms with van der Waals surface area (Å²) < 4.78 is 0. The summed E-state index contributed by atoms with van der Waals surface area (Å²) in [6.45, 7) is 0. The molecule has 2 fully saturated rings. The van der Waals surface area contributed by atoms with Gasteiger partial charge >= 0.3 is 0 Å². The van der Waals surface area contributed by atoms with E-state index < -0.39 is 0 Å². The van der Waals surface area contributed by atoms with Crippen LogP contribution in [0.1, 0.15) is 36.0 Å². The molecule has 0 saturated heterocycles. The largest absolute Gasteiger partial charge is 0.384 e. The number of rotatable bonds is 2. The molecule has 2 bridgehead atoms. The molecule has 21 heavy (non-hydrogen) atoms. The summed E-state index contributed by atoms with van der Waals surface area (Å²) in [4.78, 5) is 16.9. The average molecular weight is 281 g/mol. The van der Waals surface area contributed by atoms with Gasteiger partial charge in [0.1, 0.15) is 5.82 Å². The zero-order valence-electron chi connectivity index (χ0n) is 11.9. The number of para-hydroxylation sites is 1. The Labute approximate surface area is 123 Å². The minimum atomic E-state index is -0.0159. The SMILES string of the molecule is Nc1cc(C(=O)NC2CC3CCC2C3)c2ccccc2n1. The molecule has 4 nitrogen and oxygen atoms in total. The maximum atomic E-state index is 12.6. The van der Waals surface area contributed by atoms with Gasteiger partial charge < -0.3 is 11.1 Å². The Balaban J connectivity index is 1.65. The number of nitrogen functional groups attached to an aromatic ring is 1.